The molecule has 0 bridgehead atoms. The van der Waals surface area contributed by atoms with Gasteiger partial charge in [0.15, 0.2) is 0 Å². The SMILES string of the molecule is CCc1cc(C(=O)NC(C)C2CCCC2)cc(N)n1. The van der Waals surface area contributed by atoms with Crippen molar-refractivity contribution in [1.29, 1.82) is 0 Å². The van der Waals surface area contributed by atoms with E-state index in [1.807, 2.05) is 13.0 Å². The lowest BCUT2D eigenvalue weighted by atomic mass is 9.99. The van der Waals surface area contributed by atoms with Crippen LogP contribution in [0.15, 0.2) is 12.1 Å². The number of carbonyl (C=O) groups excluding carboxylic acids is 1. The van der Waals surface area contributed by atoms with E-state index in [9.17, 15) is 4.79 Å². The summed E-state index contributed by atoms with van der Waals surface area (Å²) < 4.78 is 0. The van der Waals surface area contributed by atoms with Crippen molar-refractivity contribution in [2.45, 2.75) is 52.0 Å². The number of nitrogens with zero attached hydrogens (tertiary/aromatic N) is 1. The third-order valence-electron chi connectivity index (χ3n) is 3.99. The number of hydrogen-bond donors (Lipinski definition) is 2. The van der Waals surface area contributed by atoms with E-state index in [2.05, 4.69) is 17.2 Å². The van der Waals surface area contributed by atoms with Crippen LogP contribution in [-0.2, 0) is 6.42 Å². The highest BCUT2D eigenvalue weighted by atomic mass is 16.1. The van der Waals surface area contributed by atoms with E-state index in [1.165, 1.54) is 25.7 Å². The molecule has 1 heterocycles. The van der Waals surface area contributed by atoms with Crippen LogP contribution < -0.4 is 11.1 Å². The molecule has 4 nitrogen and oxygen atoms in total. The van der Waals surface area contributed by atoms with E-state index in [4.69, 9.17) is 5.73 Å². The Labute approximate surface area is 114 Å². The first kappa shape index (κ1) is 13.8. The molecular formula is C15H23N3O. The molecule has 1 aliphatic rings. The average Bonchev–Trinajstić information content (AvgIpc) is 2.91. The van der Waals surface area contributed by atoms with Gasteiger partial charge in [0.1, 0.15) is 5.82 Å². The van der Waals surface area contributed by atoms with E-state index < -0.39 is 0 Å². The molecule has 0 aliphatic heterocycles. The Kier molecular flexibility index (Phi) is 4.40. The summed E-state index contributed by atoms with van der Waals surface area (Å²) in [5.41, 5.74) is 7.21. The molecule has 4 heteroatoms. The zero-order chi connectivity index (χ0) is 13.8. The number of amides is 1. The van der Waals surface area contributed by atoms with Crippen LogP contribution in [0.3, 0.4) is 0 Å². The third kappa shape index (κ3) is 3.46. The fourth-order valence-corrected chi connectivity index (χ4v) is 2.79. The Morgan fingerprint density at radius 3 is 2.79 bits per heavy atom. The molecule has 1 saturated carbocycles. The fourth-order valence-electron chi connectivity index (χ4n) is 2.79. The van der Waals surface area contributed by atoms with E-state index in [1.54, 1.807) is 6.07 Å². The molecule has 0 radical (unpaired) electrons. The molecule has 19 heavy (non-hydrogen) atoms. The van der Waals surface area contributed by atoms with Crippen molar-refractivity contribution in [3.05, 3.63) is 23.4 Å². The minimum atomic E-state index is -0.0387. The van der Waals surface area contributed by atoms with E-state index in [0.29, 0.717) is 17.3 Å². The Bertz CT molecular complexity index is 453. The molecular weight excluding hydrogens is 238 g/mol. The molecule has 104 valence electrons. The molecule has 2 rings (SSSR count). The van der Waals surface area contributed by atoms with Gasteiger partial charge in [-0.05, 0) is 44.2 Å². The molecule has 1 aliphatic carbocycles. The topological polar surface area (TPSA) is 68.0 Å². The van der Waals surface area contributed by atoms with Crippen molar-refractivity contribution in [3.8, 4) is 0 Å². The number of nitrogens with two attached hydrogens (primary N) is 1. The summed E-state index contributed by atoms with van der Waals surface area (Å²) in [4.78, 5) is 16.4. The number of carbonyl (C=O) groups is 1. The maximum Gasteiger partial charge on any atom is 0.251 e. The zero-order valence-corrected chi connectivity index (χ0v) is 11.8. The predicted molar refractivity (Wildman–Crippen MR) is 76.9 cm³/mol. The Balaban J connectivity index is 2.04. The second-order valence-electron chi connectivity index (χ2n) is 5.43. The van der Waals surface area contributed by atoms with Crippen LogP contribution in [-0.4, -0.2) is 16.9 Å². The van der Waals surface area contributed by atoms with Crippen LogP contribution in [0.5, 0.6) is 0 Å². The van der Waals surface area contributed by atoms with Crippen molar-refractivity contribution >= 4 is 11.7 Å². The first-order chi connectivity index (χ1) is 9.10. The number of aromatic nitrogens is 1. The van der Waals surface area contributed by atoms with E-state index in [-0.39, 0.29) is 11.9 Å². The van der Waals surface area contributed by atoms with Gasteiger partial charge in [0, 0.05) is 17.3 Å². The predicted octanol–water partition coefficient (Wildman–Crippen LogP) is 2.53. The van der Waals surface area contributed by atoms with Gasteiger partial charge < -0.3 is 11.1 Å². The fraction of sp³-hybridized carbons (Fsp3) is 0.600. The van der Waals surface area contributed by atoms with Crippen molar-refractivity contribution in [1.82, 2.24) is 10.3 Å². The Morgan fingerprint density at radius 2 is 2.16 bits per heavy atom. The molecule has 0 aromatic carbocycles. The van der Waals surface area contributed by atoms with E-state index >= 15 is 0 Å². The summed E-state index contributed by atoms with van der Waals surface area (Å²) in [5, 5.41) is 3.09. The van der Waals surface area contributed by atoms with Gasteiger partial charge in [-0.3, -0.25) is 4.79 Å². The van der Waals surface area contributed by atoms with Crippen LogP contribution in [0.2, 0.25) is 0 Å². The second-order valence-corrected chi connectivity index (χ2v) is 5.43. The quantitative estimate of drug-likeness (QED) is 0.875. The molecule has 0 spiro atoms. The van der Waals surface area contributed by atoms with Crippen molar-refractivity contribution < 1.29 is 4.79 Å². The minimum absolute atomic E-state index is 0.0387. The highest BCUT2D eigenvalue weighted by molar-refractivity contribution is 5.95. The largest absolute Gasteiger partial charge is 0.384 e. The van der Waals surface area contributed by atoms with Crippen molar-refractivity contribution in [2.75, 3.05) is 5.73 Å². The molecule has 1 atom stereocenters. The maximum absolute atomic E-state index is 12.2. The zero-order valence-electron chi connectivity index (χ0n) is 11.8. The van der Waals surface area contributed by atoms with Gasteiger partial charge in [0.2, 0.25) is 0 Å². The van der Waals surface area contributed by atoms with Gasteiger partial charge in [-0.25, -0.2) is 4.98 Å². The van der Waals surface area contributed by atoms with Crippen LogP contribution >= 0.6 is 0 Å². The summed E-state index contributed by atoms with van der Waals surface area (Å²) in [7, 11) is 0. The standard InChI is InChI=1S/C15H23N3O/c1-3-13-8-12(9-14(16)18-13)15(19)17-10(2)11-6-4-5-7-11/h8-11H,3-7H2,1-2H3,(H2,16,18)(H,17,19). The van der Waals surface area contributed by atoms with Crippen LogP contribution in [0, 0.1) is 5.92 Å². The number of hydrogen-bond acceptors (Lipinski definition) is 3. The molecule has 1 aromatic heterocycles. The van der Waals surface area contributed by atoms with Gasteiger partial charge in [0.05, 0.1) is 0 Å². The van der Waals surface area contributed by atoms with E-state index in [0.717, 1.165) is 12.1 Å². The lowest BCUT2D eigenvalue weighted by Crippen LogP contribution is -2.37. The average molecular weight is 261 g/mol. The summed E-state index contributed by atoms with van der Waals surface area (Å²) in [5.74, 6) is 0.995. The highest BCUT2D eigenvalue weighted by Crippen LogP contribution is 2.27. The van der Waals surface area contributed by atoms with Gasteiger partial charge in [0.25, 0.3) is 5.91 Å². The summed E-state index contributed by atoms with van der Waals surface area (Å²) in [6.45, 7) is 4.10. The number of nitrogens with one attached hydrogen (secondary N) is 1. The minimum Gasteiger partial charge on any atom is -0.384 e. The first-order valence-corrected chi connectivity index (χ1v) is 7.17. The Hall–Kier alpha value is -1.58. The van der Waals surface area contributed by atoms with Crippen molar-refractivity contribution in [3.63, 3.8) is 0 Å². The summed E-state index contributed by atoms with van der Waals surface area (Å²) in [6, 6.07) is 3.71. The number of anilines is 1. The molecule has 1 unspecified atom stereocenters. The number of aryl methyl sites for hydroxylation is 1. The van der Waals surface area contributed by atoms with Crippen LogP contribution in [0.1, 0.15) is 55.6 Å². The van der Waals surface area contributed by atoms with Gasteiger partial charge in [-0.1, -0.05) is 19.8 Å². The van der Waals surface area contributed by atoms with Gasteiger partial charge in [-0.15, -0.1) is 0 Å². The Morgan fingerprint density at radius 1 is 1.47 bits per heavy atom. The number of pyridine rings is 1. The number of nitrogen functional groups attached to an aromatic ring is 1. The monoisotopic (exact) mass is 261 g/mol. The molecule has 1 fully saturated rings. The maximum atomic E-state index is 12.2. The molecule has 1 aromatic rings. The first-order valence-electron chi connectivity index (χ1n) is 7.17. The summed E-state index contributed by atoms with van der Waals surface area (Å²) in [6.07, 6.45) is 5.80. The second kappa shape index (κ2) is 6.04. The van der Waals surface area contributed by atoms with Crippen molar-refractivity contribution in [2.24, 2.45) is 5.92 Å². The van der Waals surface area contributed by atoms with Gasteiger partial charge >= 0.3 is 0 Å². The lowest BCUT2D eigenvalue weighted by Gasteiger charge is -2.20. The summed E-state index contributed by atoms with van der Waals surface area (Å²) >= 11 is 0. The molecule has 0 saturated heterocycles. The van der Waals surface area contributed by atoms with Gasteiger partial charge in [-0.2, -0.15) is 0 Å². The highest BCUT2D eigenvalue weighted by Gasteiger charge is 2.23. The smallest absolute Gasteiger partial charge is 0.251 e. The van der Waals surface area contributed by atoms with Crippen LogP contribution in [0.4, 0.5) is 5.82 Å². The molecule has 1 amide bonds. The lowest BCUT2D eigenvalue weighted by molar-refractivity contribution is 0.0927. The normalized spacial score (nSPS) is 17.4. The number of rotatable bonds is 4. The van der Waals surface area contributed by atoms with Crippen LogP contribution in [0.25, 0.3) is 0 Å². The molecule has 3 N–H and O–H groups in total. The third-order valence-corrected chi connectivity index (χ3v) is 3.99.